The lowest BCUT2D eigenvalue weighted by atomic mass is 9.85. The van der Waals surface area contributed by atoms with Crippen molar-refractivity contribution in [3.63, 3.8) is 0 Å². The number of hydrogen-bond acceptors (Lipinski definition) is 2. The summed E-state index contributed by atoms with van der Waals surface area (Å²) in [5, 5.41) is 4.49. The van der Waals surface area contributed by atoms with Crippen LogP contribution in [-0.2, 0) is 13.0 Å². The molecule has 3 nitrogen and oxygen atoms in total. The van der Waals surface area contributed by atoms with Gasteiger partial charge in [0, 0.05) is 18.5 Å². The van der Waals surface area contributed by atoms with Crippen molar-refractivity contribution in [2.24, 2.45) is 11.7 Å². The van der Waals surface area contributed by atoms with Gasteiger partial charge in [-0.05, 0) is 42.6 Å². The maximum atomic E-state index is 6.33. The first kappa shape index (κ1) is 13.7. The van der Waals surface area contributed by atoms with E-state index in [2.05, 4.69) is 48.7 Å². The molecule has 0 aliphatic rings. The molecule has 0 aliphatic carbocycles. The van der Waals surface area contributed by atoms with Crippen molar-refractivity contribution in [2.45, 2.75) is 53.1 Å². The van der Waals surface area contributed by atoms with Crippen LogP contribution >= 0.6 is 15.9 Å². The molecule has 1 aromatic heterocycles. The Morgan fingerprint density at radius 1 is 1.50 bits per heavy atom. The number of nitrogens with zero attached hydrogens (tertiary/aromatic N) is 2. The summed E-state index contributed by atoms with van der Waals surface area (Å²) in [6.07, 6.45) is 0.847. The van der Waals surface area contributed by atoms with Gasteiger partial charge in [-0.2, -0.15) is 5.10 Å². The molecule has 1 atom stereocenters. The molecule has 0 fully saturated rings. The molecule has 0 aliphatic heterocycles. The van der Waals surface area contributed by atoms with E-state index in [-0.39, 0.29) is 5.54 Å². The minimum Gasteiger partial charge on any atom is -0.325 e. The smallest absolute Gasteiger partial charge is 0.0738 e. The van der Waals surface area contributed by atoms with E-state index in [4.69, 9.17) is 5.73 Å². The molecule has 0 bridgehead atoms. The Balaban J connectivity index is 3.05. The molecule has 1 aromatic rings. The van der Waals surface area contributed by atoms with Crippen LogP contribution in [0.25, 0.3) is 0 Å². The number of halogens is 1. The van der Waals surface area contributed by atoms with Crippen LogP contribution in [0.3, 0.4) is 0 Å². The molecule has 0 spiro atoms. The van der Waals surface area contributed by atoms with Gasteiger partial charge in [-0.15, -0.1) is 0 Å². The van der Waals surface area contributed by atoms with E-state index in [9.17, 15) is 0 Å². The van der Waals surface area contributed by atoms with Crippen LogP contribution in [0.1, 0.15) is 39.1 Å². The predicted molar refractivity (Wildman–Crippen MR) is 71.5 cm³/mol. The van der Waals surface area contributed by atoms with Crippen LogP contribution in [0, 0.1) is 12.8 Å². The molecule has 1 heterocycles. The van der Waals surface area contributed by atoms with Crippen LogP contribution in [0.5, 0.6) is 0 Å². The SMILES string of the molecule is CCn1nc(C)c(Br)c1CC(C)(N)C(C)C. The van der Waals surface area contributed by atoms with E-state index in [0.717, 1.165) is 23.1 Å². The third-order valence-electron chi connectivity index (χ3n) is 3.32. The molecule has 1 unspecified atom stereocenters. The second kappa shape index (κ2) is 4.88. The normalized spacial score (nSPS) is 15.5. The molecular formula is C12H22BrN3. The summed E-state index contributed by atoms with van der Waals surface area (Å²) in [7, 11) is 0. The monoisotopic (exact) mass is 287 g/mol. The van der Waals surface area contributed by atoms with Crippen LogP contribution in [-0.4, -0.2) is 15.3 Å². The zero-order chi connectivity index (χ0) is 12.5. The second-order valence-corrected chi connectivity index (χ2v) is 5.79. The van der Waals surface area contributed by atoms with E-state index in [1.54, 1.807) is 0 Å². The molecule has 4 heteroatoms. The summed E-state index contributed by atoms with van der Waals surface area (Å²) in [4.78, 5) is 0. The summed E-state index contributed by atoms with van der Waals surface area (Å²) in [5.74, 6) is 0.444. The Bertz CT molecular complexity index is 367. The number of rotatable bonds is 4. The van der Waals surface area contributed by atoms with Gasteiger partial charge in [0.1, 0.15) is 0 Å². The number of aryl methyl sites for hydroxylation is 2. The highest BCUT2D eigenvalue weighted by Crippen LogP contribution is 2.27. The highest BCUT2D eigenvalue weighted by atomic mass is 79.9. The first-order valence-corrected chi connectivity index (χ1v) is 6.59. The highest BCUT2D eigenvalue weighted by Gasteiger charge is 2.27. The first-order chi connectivity index (χ1) is 7.29. The zero-order valence-corrected chi connectivity index (χ0v) is 12.4. The van der Waals surface area contributed by atoms with E-state index < -0.39 is 0 Å². The van der Waals surface area contributed by atoms with Gasteiger partial charge in [0.25, 0.3) is 0 Å². The lowest BCUT2D eigenvalue weighted by Crippen LogP contribution is -2.44. The van der Waals surface area contributed by atoms with Crippen molar-refractivity contribution in [1.29, 1.82) is 0 Å². The van der Waals surface area contributed by atoms with Crippen LogP contribution in [0.2, 0.25) is 0 Å². The van der Waals surface area contributed by atoms with Gasteiger partial charge in [0.2, 0.25) is 0 Å². The van der Waals surface area contributed by atoms with Crippen molar-refractivity contribution in [3.05, 3.63) is 15.9 Å². The lowest BCUT2D eigenvalue weighted by Gasteiger charge is -2.29. The van der Waals surface area contributed by atoms with E-state index >= 15 is 0 Å². The van der Waals surface area contributed by atoms with Crippen molar-refractivity contribution in [1.82, 2.24) is 9.78 Å². The highest BCUT2D eigenvalue weighted by molar-refractivity contribution is 9.10. The minimum atomic E-state index is -0.193. The topological polar surface area (TPSA) is 43.8 Å². The average Bonchev–Trinajstić information content (AvgIpc) is 2.45. The van der Waals surface area contributed by atoms with Gasteiger partial charge >= 0.3 is 0 Å². The van der Waals surface area contributed by atoms with Gasteiger partial charge in [0.05, 0.1) is 15.9 Å². The van der Waals surface area contributed by atoms with Gasteiger partial charge in [-0.25, -0.2) is 0 Å². The Kier molecular flexibility index (Phi) is 4.18. The van der Waals surface area contributed by atoms with Gasteiger partial charge in [-0.1, -0.05) is 13.8 Å². The van der Waals surface area contributed by atoms with Crippen molar-refractivity contribution in [3.8, 4) is 0 Å². The van der Waals surface area contributed by atoms with E-state index in [1.807, 2.05) is 11.6 Å². The molecule has 0 amide bonds. The maximum Gasteiger partial charge on any atom is 0.0738 e. The Morgan fingerprint density at radius 3 is 2.50 bits per heavy atom. The number of aromatic nitrogens is 2. The number of nitrogens with two attached hydrogens (primary N) is 1. The van der Waals surface area contributed by atoms with Crippen LogP contribution in [0.15, 0.2) is 4.47 Å². The second-order valence-electron chi connectivity index (χ2n) is 5.00. The summed E-state index contributed by atoms with van der Waals surface area (Å²) < 4.78 is 3.14. The average molecular weight is 288 g/mol. The molecule has 1 rings (SSSR count). The van der Waals surface area contributed by atoms with E-state index in [0.29, 0.717) is 5.92 Å². The third-order valence-corrected chi connectivity index (χ3v) is 4.35. The summed E-state index contributed by atoms with van der Waals surface area (Å²) in [5.41, 5.74) is 8.38. The summed E-state index contributed by atoms with van der Waals surface area (Å²) in [6, 6.07) is 0. The van der Waals surface area contributed by atoms with Crippen molar-refractivity contribution >= 4 is 15.9 Å². The standard InChI is InChI=1S/C12H22BrN3/c1-6-16-10(11(13)9(4)15-16)7-12(5,14)8(2)3/h8H,6-7,14H2,1-5H3. The predicted octanol–water partition coefficient (Wildman–Crippen LogP) is 2.89. The molecule has 0 saturated carbocycles. The summed E-state index contributed by atoms with van der Waals surface area (Å²) in [6.45, 7) is 11.4. The molecule has 0 radical (unpaired) electrons. The largest absolute Gasteiger partial charge is 0.325 e. The first-order valence-electron chi connectivity index (χ1n) is 5.80. The molecule has 2 N–H and O–H groups in total. The number of hydrogen-bond donors (Lipinski definition) is 1. The Morgan fingerprint density at radius 2 is 2.06 bits per heavy atom. The lowest BCUT2D eigenvalue weighted by molar-refractivity contribution is 0.329. The Hall–Kier alpha value is -0.350. The van der Waals surface area contributed by atoms with Crippen molar-refractivity contribution < 1.29 is 0 Å². The molecule has 92 valence electrons. The minimum absolute atomic E-state index is 0.193. The third kappa shape index (κ3) is 2.66. The Labute approximate surface area is 107 Å². The van der Waals surface area contributed by atoms with Crippen LogP contribution < -0.4 is 5.73 Å². The van der Waals surface area contributed by atoms with E-state index in [1.165, 1.54) is 5.69 Å². The van der Waals surface area contributed by atoms with Gasteiger partial charge in [-0.3, -0.25) is 4.68 Å². The fraction of sp³-hybridized carbons (Fsp3) is 0.750. The molecule has 16 heavy (non-hydrogen) atoms. The van der Waals surface area contributed by atoms with Crippen molar-refractivity contribution in [2.75, 3.05) is 0 Å². The summed E-state index contributed by atoms with van der Waals surface area (Å²) >= 11 is 3.60. The molecular weight excluding hydrogens is 266 g/mol. The van der Waals surface area contributed by atoms with Crippen LogP contribution in [0.4, 0.5) is 0 Å². The fourth-order valence-electron chi connectivity index (χ4n) is 1.60. The fourth-order valence-corrected chi connectivity index (χ4v) is 2.03. The molecule has 0 aromatic carbocycles. The maximum absolute atomic E-state index is 6.33. The molecule has 0 saturated heterocycles. The van der Waals surface area contributed by atoms with Gasteiger partial charge in [0.15, 0.2) is 0 Å². The quantitative estimate of drug-likeness (QED) is 0.925. The van der Waals surface area contributed by atoms with Gasteiger partial charge < -0.3 is 5.73 Å². The zero-order valence-electron chi connectivity index (χ0n) is 10.8.